The summed E-state index contributed by atoms with van der Waals surface area (Å²) in [6.07, 6.45) is 4.02. The van der Waals surface area contributed by atoms with E-state index in [-0.39, 0.29) is 6.17 Å². The first-order valence-electron chi connectivity index (χ1n) is 4.82. The lowest BCUT2D eigenvalue weighted by molar-refractivity contribution is 0.309. The van der Waals surface area contributed by atoms with Crippen LogP contribution < -0.4 is 11.1 Å². The van der Waals surface area contributed by atoms with Gasteiger partial charge in [-0.3, -0.25) is 0 Å². The van der Waals surface area contributed by atoms with E-state index in [2.05, 4.69) is 12.2 Å². The van der Waals surface area contributed by atoms with Crippen molar-refractivity contribution in [3.8, 4) is 0 Å². The Kier molecular flexibility index (Phi) is 6.57. The molecule has 3 N–H and O–H groups in total. The normalized spacial score (nSPS) is 30.5. The Morgan fingerprint density at radius 1 is 1.36 bits per heavy atom. The van der Waals surface area contributed by atoms with Crippen LogP contribution in [0, 0.1) is 5.92 Å². The molecule has 2 nitrogen and oxygen atoms in total. The molecule has 0 saturated carbocycles. The molecule has 0 radical (unpaired) electrons. The van der Waals surface area contributed by atoms with Crippen molar-refractivity contribution >= 4 is 0 Å². The van der Waals surface area contributed by atoms with Crippen LogP contribution in [0.2, 0.25) is 0 Å². The van der Waals surface area contributed by atoms with Crippen LogP contribution in [0.4, 0.5) is 0 Å². The lowest BCUT2D eigenvalue weighted by Crippen LogP contribution is -2.44. The van der Waals surface area contributed by atoms with Crippen molar-refractivity contribution in [1.29, 1.82) is 0 Å². The van der Waals surface area contributed by atoms with Gasteiger partial charge in [-0.25, -0.2) is 0 Å². The number of hydrogen-bond donors (Lipinski definition) is 2. The minimum absolute atomic E-state index is 0.271. The molecule has 1 heterocycles. The first-order chi connectivity index (χ1) is 5.33. The van der Waals surface area contributed by atoms with Crippen LogP contribution >= 0.6 is 0 Å². The van der Waals surface area contributed by atoms with Gasteiger partial charge in [-0.2, -0.15) is 0 Å². The van der Waals surface area contributed by atoms with E-state index in [0.717, 1.165) is 18.9 Å². The zero-order valence-electron chi connectivity index (χ0n) is 8.06. The second kappa shape index (κ2) is 6.62. The van der Waals surface area contributed by atoms with E-state index >= 15 is 0 Å². The molecule has 0 aromatic heterocycles. The minimum atomic E-state index is 0.271. The van der Waals surface area contributed by atoms with Gasteiger partial charge in [0.1, 0.15) is 0 Å². The molecule has 1 aliphatic rings. The van der Waals surface area contributed by atoms with E-state index in [4.69, 9.17) is 5.73 Å². The van der Waals surface area contributed by atoms with Crippen molar-refractivity contribution in [2.24, 2.45) is 11.7 Å². The quantitative estimate of drug-likeness (QED) is 0.609. The van der Waals surface area contributed by atoms with Gasteiger partial charge >= 0.3 is 0 Å². The van der Waals surface area contributed by atoms with E-state index in [9.17, 15) is 0 Å². The Bertz CT molecular complexity index is 75.6. The summed E-state index contributed by atoms with van der Waals surface area (Å²) in [5.41, 5.74) is 5.64. The largest absolute Gasteiger partial charge is 0.316 e. The fourth-order valence-corrected chi connectivity index (χ4v) is 1.29. The second-order valence-corrected chi connectivity index (χ2v) is 2.87. The molecular weight excluding hydrogens is 136 g/mol. The third-order valence-corrected chi connectivity index (χ3v) is 2.13. The molecule has 68 valence electrons. The molecule has 1 rings (SSSR count). The molecule has 1 aliphatic heterocycles. The number of piperidine rings is 1. The van der Waals surface area contributed by atoms with Crippen molar-refractivity contribution in [2.45, 2.75) is 46.2 Å². The summed E-state index contributed by atoms with van der Waals surface area (Å²) in [4.78, 5) is 0. The molecule has 11 heavy (non-hydrogen) atoms. The number of nitrogens with one attached hydrogen (secondary N) is 1. The highest BCUT2D eigenvalue weighted by Crippen LogP contribution is 2.14. The average Bonchev–Trinajstić information content (AvgIpc) is 2.10. The Labute approximate surface area is 70.5 Å². The predicted octanol–water partition coefficient (Wildman–Crippen LogP) is 1.71. The second-order valence-electron chi connectivity index (χ2n) is 2.87. The summed E-state index contributed by atoms with van der Waals surface area (Å²) in [6, 6.07) is 0. The summed E-state index contributed by atoms with van der Waals surface area (Å²) in [7, 11) is 0. The summed E-state index contributed by atoms with van der Waals surface area (Å²) in [5.74, 6) is 0.879. The standard InChI is InChI=1S/C7H16N2.C2H6/c1-2-6-3-4-7(8)9-5-6;1-2/h6-7,9H,2-5,8H2,1H3;1-2H3. The summed E-state index contributed by atoms with van der Waals surface area (Å²) in [5, 5.41) is 3.26. The number of rotatable bonds is 1. The summed E-state index contributed by atoms with van der Waals surface area (Å²) in [6.45, 7) is 7.36. The molecule has 0 amide bonds. The lowest BCUT2D eigenvalue weighted by Gasteiger charge is -2.26. The molecule has 1 saturated heterocycles. The van der Waals surface area contributed by atoms with Gasteiger partial charge in [-0.05, 0) is 25.3 Å². The number of hydrogen-bond acceptors (Lipinski definition) is 2. The Morgan fingerprint density at radius 2 is 2.00 bits per heavy atom. The zero-order chi connectivity index (χ0) is 8.69. The van der Waals surface area contributed by atoms with E-state index in [1.807, 2.05) is 13.8 Å². The van der Waals surface area contributed by atoms with E-state index in [0.29, 0.717) is 0 Å². The molecule has 2 atom stereocenters. The van der Waals surface area contributed by atoms with E-state index in [1.165, 1.54) is 12.8 Å². The molecule has 1 fully saturated rings. The molecular formula is C9H22N2. The van der Waals surface area contributed by atoms with Gasteiger partial charge in [0, 0.05) is 0 Å². The third-order valence-electron chi connectivity index (χ3n) is 2.13. The topological polar surface area (TPSA) is 38.0 Å². The van der Waals surface area contributed by atoms with Gasteiger partial charge < -0.3 is 11.1 Å². The van der Waals surface area contributed by atoms with Gasteiger partial charge in [0.2, 0.25) is 0 Å². The van der Waals surface area contributed by atoms with Crippen molar-refractivity contribution in [1.82, 2.24) is 5.32 Å². The monoisotopic (exact) mass is 158 g/mol. The maximum atomic E-state index is 5.64. The number of nitrogens with two attached hydrogens (primary N) is 1. The van der Waals surface area contributed by atoms with Crippen molar-refractivity contribution < 1.29 is 0 Å². The van der Waals surface area contributed by atoms with Crippen molar-refractivity contribution in [2.75, 3.05) is 6.54 Å². The van der Waals surface area contributed by atoms with Crippen molar-refractivity contribution in [3.63, 3.8) is 0 Å². The highest BCUT2D eigenvalue weighted by Gasteiger charge is 2.14. The van der Waals surface area contributed by atoms with Crippen molar-refractivity contribution in [3.05, 3.63) is 0 Å². The van der Waals surface area contributed by atoms with Gasteiger partial charge in [0.05, 0.1) is 6.17 Å². The first kappa shape index (κ1) is 10.9. The highest BCUT2D eigenvalue weighted by atomic mass is 15.0. The summed E-state index contributed by atoms with van der Waals surface area (Å²) >= 11 is 0. The maximum absolute atomic E-state index is 5.64. The van der Waals surface area contributed by atoms with Gasteiger partial charge in [-0.15, -0.1) is 0 Å². The van der Waals surface area contributed by atoms with Crippen LogP contribution in [0.25, 0.3) is 0 Å². The molecule has 2 heteroatoms. The predicted molar refractivity (Wildman–Crippen MR) is 50.3 cm³/mol. The van der Waals surface area contributed by atoms with E-state index in [1.54, 1.807) is 0 Å². The fourth-order valence-electron chi connectivity index (χ4n) is 1.29. The smallest absolute Gasteiger partial charge is 0.0546 e. The third kappa shape index (κ3) is 4.38. The Balaban J connectivity index is 0.000000461. The van der Waals surface area contributed by atoms with Crippen LogP contribution in [-0.4, -0.2) is 12.7 Å². The van der Waals surface area contributed by atoms with Crippen LogP contribution in [0.5, 0.6) is 0 Å². The molecule has 2 unspecified atom stereocenters. The van der Waals surface area contributed by atoms with Crippen LogP contribution in [-0.2, 0) is 0 Å². The molecule has 0 aromatic carbocycles. The Hall–Kier alpha value is -0.0800. The Morgan fingerprint density at radius 3 is 2.36 bits per heavy atom. The highest BCUT2D eigenvalue weighted by molar-refractivity contribution is 4.72. The minimum Gasteiger partial charge on any atom is -0.316 e. The fraction of sp³-hybridized carbons (Fsp3) is 1.00. The SMILES string of the molecule is CC.CCC1CCC(N)NC1. The van der Waals surface area contributed by atoms with Gasteiger partial charge in [0.25, 0.3) is 0 Å². The zero-order valence-corrected chi connectivity index (χ0v) is 8.06. The van der Waals surface area contributed by atoms with Crippen LogP contribution in [0.15, 0.2) is 0 Å². The lowest BCUT2D eigenvalue weighted by atomic mass is 9.96. The van der Waals surface area contributed by atoms with Gasteiger partial charge in [0.15, 0.2) is 0 Å². The summed E-state index contributed by atoms with van der Waals surface area (Å²) < 4.78 is 0. The van der Waals surface area contributed by atoms with Crippen LogP contribution in [0.3, 0.4) is 0 Å². The van der Waals surface area contributed by atoms with Gasteiger partial charge in [-0.1, -0.05) is 27.2 Å². The molecule has 0 spiro atoms. The van der Waals surface area contributed by atoms with E-state index < -0.39 is 0 Å². The molecule has 0 aromatic rings. The molecule has 0 bridgehead atoms. The average molecular weight is 158 g/mol. The van der Waals surface area contributed by atoms with Crippen LogP contribution in [0.1, 0.15) is 40.0 Å². The first-order valence-corrected chi connectivity index (χ1v) is 4.82. The molecule has 0 aliphatic carbocycles. The maximum Gasteiger partial charge on any atom is 0.0546 e.